The predicted molar refractivity (Wildman–Crippen MR) is 116 cm³/mol. The van der Waals surface area contributed by atoms with Crippen molar-refractivity contribution in [3.63, 3.8) is 0 Å². The number of aromatic nitrogens is 2. The quantitative estimate of drug-likeness (QED) is 0.678. The van der Waals surface area contributed by atoms with Crippen LogP contribution in [0.4, 0.5) is 4.79 Å². The van der Waals surface area contributed by atoms with Gasteiger partial charge in [0.25, 0.3) is 5.89 Å². The molecule has 1 amide bonds. The first-order chi connectivity index (χ1) is 14.8. The van der Waals surface area contributed by atoms with Gasteiger partial charge < -0.3 is 14.6 Å². The van der Waals surface area contributed by atoms with Crippen LogP contribution in [0.2, 0.25) is 0 Å². The summed E-state index contributed by atoms with van der Waals surface area (Å²) in [6.07, 6.45) is 11.1. The maximum atomic E-state index is 11.9. The fourth-order valence-corrected chi connectivity index (χ4v) is 5.21. The summed E-state index contributed by atoms with van der Waals surface area (Å²) in [6, 6.07) is 4.47. The number of amides is 1. The molecule has 1 saturated heterocycles. The predicted octanol–water partition coefficient (Wildman–Crippen LogP) is 4.78. The van der Waals surface area contributed by atoms with Gasteiger partial charge in [0.2, 0.25) is 0 Å². The van der Waals surface area contributed by atoms with Crippen LogP contribution in [0.15, 0.2) is 16.7 Å². The summed E-state index contributed by atoms with van der Waals surface area (Å²) in [6.45, 7) is 3.62. The minimum atomic E-state index is -0.345. The van der Waals surface area contributed by atoms with Crippen LogP contribution in [0.3, 0.4) is 0 Å². The maximum Gasteiger partial charge on any atom is 0.407 e. The van der Waals surface area contributed by atoms with E-state index in [4.69, 9.17) is 9.26 Å². The molecule has 0 aromatic carbocycles. The number of nitrogens with one attached hydrogen (secondary N) is 1. The number of ether oxygens (including phenoxy) is 1. The van der Waals surface area contributed by atoms with Gasteiger partial charge in [-0.1, -0.05) is 37.3 Å². The van der Waals surface area contributed by atoms with E-state index in [0.717, 1.165) is 24.3 Å². The fraction of sp³-hybridized carbons (Fsp3) is 0.682. The number of nitrogens with zero attached hydrogens (tertiary/aromatic N) is 3. The Kier molecular flexibility index (Phi) is 7.75. The van der Waals surface area contributed by atoms with Crippen molar-refractivity contribution in [2.45, 2.75) is 76.8 Å². The molecule has 2 aromatic heterocycles. The number of alkyl carbamates (subject to hydrolysis) is 1. The fourth-order valence-electron chi connectivity index (χ4n) is 4.24. The molecule has 1 aliphatic heterocycles. The largest absolute Gasteiger partial charge is 0.449 e. The van der Waals surface area contributed by atoms with Crippen molar-refractivity contribution in [2.24, 2.45) is 0 Å². The molecular formula is C22H32N4O3S. The van der Waals surface area contributed by atoms with E-state index in [-0.39, 0.29) is 18.7 Å². The van der Waals surface area contributed by atoms with Crippen molar-refractivity contribution in [2.75, 3.05) is 19.7 Å². The molecule has 8 heteroatoms. The third-order valence-electron chi connectivity index (χ3n) is 5.90. The maximum absolute atomic E-state index is 11.9. The lowest BCUT2D eigenvalue weighted by molar-refractivity contribution is 0.140. The van der Waals surface area contributed by atoms with Crippen LogP contribution in [0.5, 0.6) is 0 Å². The minimum absolute atomic E-state index is 0.252. The van der Waals surface area contributed by atoms with Gasteiger partial charge in [0, 0.05) is 23.9 Å². The Morgan fingerprint density at radius 2 is 1.90 bits per heavy atom. The molecule has 7 nitrogen and oxygen atoms in total. The Morgan fingerprint density at radius 3 is 2.70 bits per heavy atom. The second-order valence-corrected chi connectivity index (χ2v) is 9.51. The van der Waals surface area contributed by atoms with Gasteiger partial charge in [0.1, 0.15) is 6.61 Å². The monoisotopic (exact) mass is 432 g/mol. The normalized spacial score (nSPS) is 18.8. The van der Waals surface area contributed by atoms with Gasteiger partial charge in [-0.25, -0.2) is 4.79 Å². The first-order valence-electron chi connectivity index (χ1n) is 11.3. The number of likely N-dealkylation sites (tertiary alicyclic amines) is 1. The molecule has 2 aliphatic rings. The van der Waals surface area contributed by atoms with E-state index >= 15 is 0 Å². The van der Waals surface area contributed by atoms with Crippen LogP contribution in [0.1, 0.15) is 68.5 Å². The molecule has 1 N–H and O–H groups in total. The number of carbonyl (C=O) groups excluding carboxylic acids is 1. The lowest BCUT2D eigenvalue weighted by Crippen LogP contribution is -2.36. The van der Waals surface area contributed by atoms with Crippen LogP contribution < -0.4 is 5.32 Å². The SMILES string of the molecule is O=C(NC1CCCCC1)OCCc1noc(-c2ccc(CN3CCCCCC3)s2)n1. The summed E-state index contributed by atoms with van der Waals surface area (Å²) in [5, 5.41) is 6.99. The Balaban J connectivity index is 1.22. The number of hydrogen-bond donors (Lipinski definition) is 1. The van der Waals surface area contributed by atoms with Gasteiger partial charge in [0.15, 0.2) is 5.82 Å². The Morgan fingerprint density at radius 1 is 1.13 bits per heavy atom. The van der Waals surface area contributed by atoms with Crippen LogP contribution in [0, 0.1) is 0 Å². The van der Waals surface area contributed by atoms with Gasteiger partial charge in [-0.15, -0.1) is 11.3 Å². The summed E-state index contributed by atoms with van der Waals surface area (Å²) in [5.41, 5.74) is 0. The third kappa shape index (κ3) is 6.28. The number of thiophene rings is 1. The summed E-state index contributed by atoms with van der Waals surface area (Å²) in [5.74, 6) is 1.11. The number of hydrogen-bond acceptors (Lipinski definition) is 7. The van der Waals surface area contributed by atoms with E-state index in [9.17, 15) is 4.79 Å². The third-order valence-corrected chi connectivity index (χ3v) is 6.96. The van der Waals surface area contributed by atoms with Crippen molar-refractivity contribution in [1.29, 1.82) is 0 Å². The van der Waals surface area contributed by atoms with E-state index in [1.807, 2.05) is 0 Å². The standard InChI is InChI=1S/C22H32N4O3S/c27-22(23-17-8-4-3-5-9-17)28-15-12-20-24-21(29-25-20)19-11-10-18(30-19)16-26-13-6-1-2-7-14-26/h10-11,17H,1-9,12-16H2,(H,23,27). The Bertz CT molecular complexity index is 792. The average Bonchev–Trinajstić information content (AvgIpc) is 3.33. The van der Waals surface area contributed by atoms with Crippen molar-refractivity contribution >= 4 is 17.4 Å². The highest BCUT2D eigenvalue weighted by molar-refractivity contribution is 7.15. The molecule has 4 rings (SSSR count). The van der Waals surface area contributed by atoms with Crippen molar-refractivity contribution in [1.82, 2.24) is 20.4 Å². The minimum Gasteiger partial charge on any atom is -0.449 e. The topological polar surface area (TPSA) is 80.5 Å². The van der Waals surface area contributed by atoms with Crippen LogP contribution in [0.25, 0.3) is 10.8 Å². The first-order valence-corrected chi connectivity index (χ1v) is 12.2. The zero-order valence-corrected chi connectivity index (χ0v) is 18.4. The summed E-state index contributed by atoms with van der Waals surface area (Å²) in [4.78, 5) is 21.3. The summed E-state index contributed by atoms with van der Waals surface area (Å²) < 4.78 is 10.7. The zero-order valence-electron chi connectivity index (χ0n) is 17.6. The van der Waals surface area contributed by atoms with Crippen molar-refractivity contribution < 1.29 is 14.1 Å². The lowest BCUT2D eigenvalue weighted by Gasteiger charge is -2.22. The van der Waals surface area contributed by atoms with Crippen molar-refractivity contribution in [3.8, 4) is 10.8 Å². The molecule has 164 valence electrons. The average molecular weight is 433 g/mol. The lowest BCUT2D eigenvalue weighted by atomic mass is 9.96. The van der Waals surface area contributed by atoms with Crippen LogP contribution in [-0.4, -0.2) is 46.9 Å². The second kappa shape index (κ2) is 10.9. The van der Waals surface area contributed by atoms with E-state index in [2.05, 4.69) is 32.5 Å². The first kappa shape index (κ1) is 21.3. The molecule has 2 fully saturated rings. The van der Waals surface area contributed by atoms with E-state index in [1.165, 1.54) is 62.9 Å². The van der Waals surface area contributed by atoms with E-state index in [1.54, 1.807) is 11.3 Å². The highest BCUT2D eigenvalue weighted by atomic mass is 32.1. The van der Waals surface area contributed by atoms with Gasteiger partial charge in [-0.05, 0) is 50.9 Å². The molecule has 30 heavy (non-hydrogen) atoms. The number of carbonyl (C=O) groups is 1. The summed E-state index contributed by atoms with van der Waals surface area (Å²) in [7, 11) is 0. The summed E-state index contributed by atoms with van der Waals surface area (Å²) >= 11 is 1.71. The highest BCUT2D eigenvalue weighted by Gasteiger charge is 2.17. The molecule has 0 bridgehead atoms. The molecule has 0 spiro atoms. The van der Waals surface area contributed by atoms with Gasteiger partial charge in [-0.3, -0.25) is 4.90 Å². The van der Waals surface area contributed by atoms with E-state index in [0.29, 0.717) is 18.1 Å². The Hall–Kier alpha value is -1.93. The molecular weight excluding hydrogens is 400 g/mol. The highest BCUT2D eigenvalue weighted by Crippen LogP contribution is 2.28. The van der Waals surface area contributed by atoms with Crippen LogP contribution >= 0.6 is 11.3 Å². The smallest absolute Gasteiger partial charge is 0.407 e. The van der Waals surface area contributed by atoms with Crippen LogP contribution in [-0.2, 0) is 17.7 Å². The van der Waals surface area contributed by atoms with Gasteiger partial charge in [-0.2, -0.15) is 4.98 Å². The van der Waals surface area contributed by atoms with Gasteiger partial charge in [0.05, 0.1) is 4.88 Å². The molecule has 0 atom stereocenters. The molecule has 0 unspecified atom stereocenters. The number of rotatable bonds is 7. The molecule has 2 aromatic rings. The zero-order chi connectivity index (χ0) is 20.6. The molecule has 0 radical (unpaired) electrons. The van der Waals surface area contributed by atoms with E-state index < -0.39 is 0 Å². The molecule has 3 heterocycles. The molecule has 1 saturated carbocycles. The van der Waals surface area contributed by atoms with Gasteiger partial charge >= 0.3 is 6.09 Å². The Labute approximate surface area is 182 Å². The van der Waals surface area contributed by atoms with Crippen molar-refractivity contribution in [3.05, 3.63) is 22.8 Å². The molecule has 1 aliphatic carbocycles. The second-order valence-electron chi connectivity index (χ2n) is 8.34.